The monoisotopic (exact) mass is 400 g/mol. The third-order valence-corrected chi connectivity index (χ3v) is 5.72. The second-order valence-corrected chi connectivity index (χ2v) is 7.87. The van der Waals surface area contributed by atoms with Crippen molar-refractivity contribution in [1.29, 1.82) is 0 Å². The number of pyridine rings is 1. The number of hydrogen-bond donors (Lipinski definition) is 1. The highest BCUT2D eigenvalue weighted by atomic mass is 16.1. The number of nitrogens with one attached hydrogen (secondary N) is 1. The van der Waals surface area contributed by atoms with Gasteiger partial charge in [-0.05, 0) is 75.2 Å². The number of likely N-dealkylation sites (tertiary alicyclic amines) is 1. The maximum atomic E-state index is 12.7. The highest BCUT2D eigenvalue weighted by Crippen LogP contribution is 2.21. The highest BCUT2D eigenvalue weighted by Gasteiger charge is 2.18. The number of aliphatic imine (C=N–C) groups is 1. The van der Waals surface area contributed by atoms with E-state index in [1.165, 1.54) is 12.8 Å². The fraction of sp³-hybridized carbons (Fsp3) is 0.320. The molecule has 0 saturated carbocycles. The summed E-state index contributed by atoms with van der Waals surface area (Å²) in [4.78, 5) is 24.4. The van der Waals surface area contributed by atoms with Crippen LogP contribution in [0.1, 0.15) is 42.7 Å². The molecular formula is C25H28N4O. The third kappa shape index (κ3) is 4.74. The number of aromatic nitrogens is 1. The number of anilines is 1. The van der Waals surface area contributed by atoms with Gasteiger partial charge in [0.05, 0.1) is 11.2 Å². The van der Waals surface area contributed by atoms with Crippen molar-refractivity contribution in [2.45, 2.75) is 39.2 Å². The second-order valence-electron chi connectivity index (χ2n) is 7.87. The van der Waals surface area contributed by atoms with E-state index in [-0.39, 0.29) is 5.91 Å². The van der Waals surface area contributed by atoms with Crippen LogP contribution in [0.25, 0.3) is 10.9 Å². The number of carbonyl (C=O) groups excluding carboxylic acids is 1. The van der Waals surface area contributed by atoms with E-state index in [1.54, 1.807) is 0 Å². The Balaban J connectivity index is 1.43. The van der Waals surface area contributed by atoms with Crippen molar-refractivity contribution in [1.82, 2.24) is 9.88 Å². The number of benzene rings is 2. The molecule has 1 fully saturated rings. The minimum atomic E-state index is -0.136. The molecule has 1 aliphatic heterocycles. The van der Waals surface area contributed by atoms with Gasteiger partial charge in [-0.15, -0.1) is 0 Å². The van der Waals surface area contributed by atoms with Gasteiger partial charge in [0.1, 0.15) is 0 Å². The van der Waals surface area contributed by atoms with Gasteiger partial charge < -0.3 is 5.32 Å². The van der Waals surface area contributed by atoms with E-state index in [0.29, 0.717) is 11.6 Å². The van der Waals surface area contributed by atoms with Gasteiger partial charge in [-0.1, -0.05) is 19.1 Å². The fourth-order valence-electron chi connectivity index (χ4n) is 3.89. The minimum Gasteiger partial charge on any atom is -0.322 e. The smallest absolute Gasteiger partial charge is 0.255 e. The van der Waals surface area contributed by atoms with Crippen LogP contribution in [0, 0.1) is 0 Å². The Labute approximate surface area is 177 Å². The lowest BCUT2D eigenvalue weighted by atomic mass is 10.1. The molecule has 1 N–H and O–H groups in total. The molecule has 1 saturated heterocycles. The summed E-state index contributed by atoms with van der Waals surface area (Å²) < 4.78 is 0. The summed E-state index contributed by atoms with van der Waals surface area (Å²) in [7, 11) is 0. The van der Waals surface area contributed by atoms with E-state index in [4.69, 9.17) is 0 Å². The van der Waals surface area contributed by atoms with E-state index in [1.807, 2.05) is 60.8 Å². The van der Waals surface area contributed by atoms with Crippen LogP contribution in [0.3, 0.4) is 0 Å². The number of hydrogen-bond acceptors (Lipinski definition) is 4. The average molecular weight is 401 g/mol. The first-order chi connectivity index (χ1) is 14.6. The maximum absolute atomic E-state index is 12.7. The molecule has 1 aliphatic rings. The van der Waals surface area contributed by atoms with Gasteiger partial charge in [-0.25, -0.2) is 0 Å². The molecule has 0 bridgehead atoms. The van der Waals surface area contributed by atoms with Gasteiger partial charge in [-0.2, -0.15) is 0 Å². The largest absolute Gasteiger partial charge is 0.322 e. The predicted molar refractivity (Wildman–Crippen MR) is 124 cm³/mol. The summed E-state index contributed by atoms with van der Waals surface area (Å²) in [5, 5.41) is 3.95. The summed E-state index contributed by atoms with van der Waals surface area (Å²) >= 11 is 0. The zero-order valence-corrected chi connectivity index (χ0v) is 17.6. The Morgan fingerprint density at radius 2 is 2.13 bits per heavy atom. The van der Waals surface area contributed by atoms with Gasteiger partial charge in [0.15, 0.2) is 0 Å². The highest BCUT2D eigenvalue weighted by molar-refractivity contribution is 6.06. The van der Waals surface area contributed by atoms with Crippen LogP contribution >= 0.6 is 0 Å². The average Bonchev–Trinajstić information content (AvgIpc) is 3.18. The number of carbonyl (C=O) groups is 1. The molecule has 0 radical (unpaired) electrons. The fourth-order valence-corrected chi connectivity index (χ4v) is 3.89. The summed E-state index contributed by atoms with van der Waals surface area (Å²) in [6.45, 7) is 6.36. The van der Waals surface area contributed by atoms with E-state index in [2.05, 4.69) is 34.0 Å². The lowest BCUT2D eigenvalue weighted by molar-refractivity contribution is 0.102. The van der Waals surface area contributed by atoms with E-state index >= 15 is 0 Å². The Kier molecular flexibility index (Phi) is 6.19. The molecule has 2 heterocycles. The summed E-state index contributed by atoms with van der Waals surface area (Å²) in [5.41, 5.74) is 4.16. The van der Waals surface area contributed by atoms with Crippen molar-refractivity contribution in [3.8, 4) is 0 Å². The Bertz CT molecular complexity index is 1080. The lowest BCUT2D eigenvalue weighted by Gasteiger charge is -2.17. The number of amides is 1. The van der Waals surface area contributed by atoms with Crippen molar-refractivity contribution in [2.24, 2.45) is 4.99 Å². The molecule has 2 aromatic carbocycles. The van der Waals surface area contributed by atoms with Gasteiger partial charge >= 0.3 is 0 Å². The minimum absolute atomic E-state index is 0.136. The number of nitrogens with zero attached hydrogens (tertiary/aromatic N) is 3. The molecule has 0 spiro atoms. The molecule has 5 heteroatoms. The topological polar surface area (TPSA) is 57.6 Å². The van der Waals surface area contributed by atoms with Crippen molar-refractivity contribution in [3.63, 3.8) is 0 Å². The van der Waals surface area contributed by atoms with Crippen LogP contribution in [0.4, 0.5) is 11.4 Å². The Morgan fingerprint density at radius 3 is 2.93 bits per heavy atom. The SMILES string of the molecule is CCc1ccc2cc(C(=O)Nc3cccc(N=CCN4CCCC4C)c3)ccc2n1. The Hall–Kier alpha value is -3.05. The molecule has 4 rings (SSSR count). The van der Waals surface area contributed by atoms with Crippen LogP contribution in [-0.4, -0.2) is 41.1 Å². The number of fused-ring (bicyclic) bond motifs is 1. The van der Waals surface area contributed by atoms with Crippen molar-refractivity contribution >= 4 is 34.4 Å². The van der Waals surface area contributed by atoms with Gasteiger partial charge in [0, 0.05) is 41.1 Å². The summed E-state index contributed by atoms with van der Waals surface area (Å²) in [6.07, 6.45) is 5.39. The first-order valence-corrected chi connectivity index (χ1v) is 10.7. The van der Waals surface area contributed by atoms with E-state index in [9.17, 15) is 4.79 Å². The molecule has 30 heavy (non-hydrogen) atoms. The molecule has 3 aromatic rings. The standard InChI is InChI=1S/C25H28N4O/c1-3-21-11-9-19-16-20(10-12-24(19)27-21)25(30)28-23-8-4-7-22(17-23)26-13-15-29-14-5-6-18(29)2/h4,7-13,16-18H,3,5-6,14-15H2,1-2H3,(H,28,30). The van der Waals surface area contributed by atoms with Gasteiger partial charge in [0.2, 0.25) is 0 Å². The predicted octanol–water partition coefficient (Wildman–Crippen LogP) is 5.24. The first kappa shape index (κ1) is 20.2. The van der Waals surface area contributed by atoms with E-state index in [0.717, 1.165) is 47.5 Å². The molecule has 154 valence electrons. The molecule has 5 nitrogen and oxygen atoms in total. The summed E-state index contributed by atoms with van der Waals surface area (Å²) in [5.74, 6) is -0.136. The van der Waals surface area contributed by atoms with E-state index < -0.39 is 0 Å². The Morgan fingerprint density at radius 1 is 1.23 bits per heavy atom. The van der Waals surface area contributed by atoms with Crippen LogP contribution in [0.5, 0.6) is 0 Å². The molecule has 1 unspecified atom stereocenters. The molecular weight excluding hydrogens is 372 g/mol. The van der Waals surface area contributed by atoms with Crippen LogP contribution in [0.2, 0.25) is 0 Å². The normalized spacial score (nSPS) is 17.1. The number of aryl methyl sites for hydroxylation is 1. The number of rotatable bonds is 6. The maximum Gasteiger partial charge on any atom is 0.255 e. The van der Waals surface area contributed by atoms with Crippen molar-refractivity contribution in [2.75, 3.05) is 18.4 Å². The zero-order chi connectivity index (χ0) is 20.9. The molecule has 1 atom stereocenters. The second kappa shape index (κ2) is 9.18. The molecule has 0 aliphatic carbocycles. The third-order valence-electron chi connectivity index (χ3n) is 5.72. The molecule has 1 aromatic heterocycles. The van der Waals surface area contributed by atoms with Crippen LogP contribution < -0.4 is 5.32 Å². The summed E-state index contributed by atoms with van der Waals surface area (Å²) in [6, 6.07) is 17.9. The molecule has 1 amide bonds. The van der Waals surface area contributed by atoms with Gasteiger partial charge in [-0.3, -0.25) is 19.7 Å². The quantitative estimate of drug-likeness (QED) is 0.576. The van der Waals surface area contributed by atoms with Crippen LogP contribution in [-0.2, 0) is 6.42 Å². The van der Waals surface area contributed by atoms with Crippen molar-refractivity contribution in [3.05, 3.63) is 65.9 Å². The lowest BCUT2D eigenvalue weighted by Crippen LogP contribution is -2.28. The zero-order valence-electron chi connectivity index (χ0n) is 17.6. The van der Waals surface area contributed by atoms with Crippen molar-refractivity contribution < 1.29 is 4.79 Å². The van der Waals surface area contributed by atoms with Gasteiger partial charge in [0.25, 0.3) is 5.91 Å². The van der Waals surface area contributed by atoms with Crippen LogP contribution in [0.15, 0.2) is 59.6 Å². The first-order valence-electron chi connectivity index (χ1n) is 10.7.